The summed E-state index contributed by atoms with van der Waals surface area (Å²) in [6.07, 6.45) is 4.51. The van der Waals surface area contributed by atoms with Gasteiger partial charge in [-0.25, -0.2) is 4.79 Å². The minimum Gasteiger partial charge on any atom is -0.452 e. The van der Waals surface area contributed by atoms with Crippen LogP contribution in [0.3, 0.4) is 0 Å². The summed E-state index contributed by atoms with van der Waals surface area (Å²) in [4.78, 5) is 24.0. The Morgan fingerprint density at radius 2 is 1.78 bits per heavy atom. The Hall–Kier alpha value is -2.59. The minimum atomic E-state index is -0.582. The summed E-state index contributed by atoms with van der Waals surface area (Å²) in [6, 6.07) is 11.4. The predicted molar refractivity (Wildman–Crippen MR) is 110 cm³/mol. The van der Waals surface area contributed by atoms with Crippen molar-refractivity contribution < 1.29 is 14.3 Å². The molecule has 0 fully saturated rings. The number of para-hydroxylation sites is 1. The molecule has 0 radical (unpaired) electrons. The zero-order chi connectivity index (χ0) is 19.8. The quantitative estimate of drug-likeness (QED) is 0.540. The minimum absolute atomic E-state index is 0.334. The van der Waals surface area contributed by atoms with E-state index in [1.165, 1.54) is 6.08 Å². The van der Waals surface area contributed by atoms with Crippen molar-refractivity contribution >= 4 is 35.2 Å². The first-order valence-electron chi connectivity index (χ1n) is 8.96. The Labute approximate surface area is 165 Å². The number of esters is 1. The molecule has 2 aromatic carbocycles. The fraction of sp³-hybridized carbons (Fsp3) is 0.273. The molecule has 0 aromatic heterocycles. The first kappa shape index (κ1) is 20.7. The summed E-state index contributed by atoms with van der Waals surface area (Å²) in [5.74, 6) is -0.938. The second-order valence-electron chi connectivity index (χ2n) is 6.16. The Morgan fingerprint density at radius 1 is 1.11 bits per heavy atom. The van der Waals surface area contributed by atoms with Crippen LogP contribution >= 0.6 is 11.6 Å². The van der Waals surface area contributed by atoms with Crippen molar-refractivity contribution in [3.05, 3.63) is 69.8 Å². The number of hydrogen-bond acceptors (Lipinski definition) is 3. The van der Waals surface area contributed by atoms with E-state index in [1.807, 2.05) is 51.1 Å². The summed E-state index contributed by atoms with van der Waals surface area (Å²) < 4.78 is 5.03. The van der Waals surface area contributed by atoms with Crippen LogP contribution < -0.4 is 5.32 Å². The lowest BCUT2D eigenvalue weighted by Gasteiger charge is -2.14. The molecule has 142 valence electrons. The van der Waals surface area contributed by atoms with Crippen molar-refractivity contribution in [1.82, 2.24) is 0 Å². The zero-order valence-corrected chi connectivity index (χ0v) is 16.6. The van der Waals surface area contributed by atoms with Crippen LogP contribution in [0.15, 0.2) is 42.5 Å². The van der Waals surface area contributed by atoms with Crippen LogP contribution in [-0.4, -0.2) is 18.5 Å². The van der Waals surface area contributed by atoms with E-state index >= 15 is 0 Å². The highest BCUT2D eigenvalue weighted by Crippen LogP contribution is 2.22. The maximum absolute atomic E-state index is 12.2. The Morgan fingerprint density at radius 3 is 2.37 bits per heavy atom. The van der Waals surface area contributed by atoms with E-state index in [4.69, 9.17) is 16.3 Å². The van der Waals surface area contributed by atoms with Gasteiger partial charge in [0.15, 0.2) is 6.61 Å². The van der Waals surface area contributed by atoms with Gasteiger partial charge in [0.1, 0.15) is 0 Å². The van der Waals surface area contributed by atoms with E-state index in [2.05, 4.69) is 5.32 Å². The van der Waals surface area contributed by atoms with E-state index in [-0.39, 0.29) is 12.5 Å². The molecule has 5 heteroatoms. The van der Waals surface area contributed by atoms with Crippen LogP contribution in [0.2, 0.25) is 5.02 Å². The normalized spacial score (nSPS) is 10.8. The smallest absolute Gasteiger partial charge is 0.331 e. The van der Waals surface area contributed by atoms with Gasteiger partial charge >= 0.3 is 5.97 Å². The first-order valence-corrected chi connectivity index (χ1v) is 9.34. The van der Waals surface area contributed by atoms with Gasteiger partial charge in [0.2, 0.25) is 0 Å². The van der Waals surface area contributed by atoms with Gasteiger partial charge in [0, 0.05) is 16.8 Å². The van der Waals surface area contributed by atoms with Crippen molar-refractivity contribution in [1.29, 1.82) is 0 Å². The molecular weight excluding hydrogens is 362 g/mol. The summed E-state index contributed by atoms with van der Waals surface area (Å²) in [6.45, 7) is 5.64. The molecule has 0 aliphatic carbocycles. The average Bonchev–Trinajstić information content (AvgIpc) is 2.67. The number of halogens is 1. The number of aryl methyl sites for hydroxylation is 3. The van der Waals surface area contributed by atoms with Crippen LogP contribution in [0.5, 0.6) is 0 Å². The Balaban J connectivity index is 1.93. The number of anilines is 1. The molecule has 0 bridgehead atoms. The molecule has 0 heterocycles. The van der Waals surface area contributed by atoms with Crippen LogP contribution in [0.25, 0.3) is 6.08 Å². The molecule has 1 amide bonds. The molecule has 1 N–H and O–H groups in total. The van der Waals surface area contributed by atoms with Crippen molar-refractivity contribution in [2.75, 3.05) is 11.9 Å². The van der Waals surface area contributed by atoms with Crippen molar-refractivity contribution in [2.24, 2.45) is 0 Å². The third-order valence-electron chi connectivity index (χ3n) is 4.22. The number of ether oxygens (including phenoxy) is 1. The van der Waals surface area contributed by atoms with Crippen LogP contribution in [0, 0.1) is 6.92 Å². The van der Waals surface area contributed by atoms with Crippen LogP contribution in [0.1, 0.15) is 36.1 Å². The lowest BCUT2D eigenvalue weighted by Crippen LogP contribution is -2.21. The molecule has 0 aliphatic heterocycles. The fourth-order valence-corrected chi connectivity index (χ4v) is 2.83. The lowest BCUT2D eigenvalue weighted by atomic mass is 10.0. The number of rotatable bonds is 7. The number of amides is 1. The largest absolute Gasteiger partial charge is 0.452 e. The maximum Gasteiger partial charge on any atom is 0.331 e. The van der Waals surface area contributed by atoms with Crippen LogP contribution in [0.4, 0.5) is 5.69 Å². The zero-order valence-electron chi connectivity index (χ0n) is 15.8. The highest BCUT2D eigenvalue weighted by atomic mass is 35.5. The number of hydrogen-bond donors (Lipinski definition) is 1. The number of carbonyl (C=O) groups is 2. The molecule has 4 nitrogen and oxygen atoms in total. The fourth-order valence-electron chi connectivity index (χ4n) is 2.64. The molecule has 27 heavy (non-hydrogen) atoms. The second kappa shape index (κ2) is 9.93. The number of carbonyl (C=O) groups excluding carboxylic acids is 2. The van der Waals surface area contributed by atoms with E-state index in [0.29, 0.717) is 5.02 Å². The molecule has 0 saturated heterocycles. The first-order chi connectivity index (χ1) is 12.9. The summed E-state index contributed by atoms with van der Waals surface area (Å²) in [5, 5.41) is 3.50. The molecular formula is C22H24ClNO3. The van der Waals surface area contributed by atoms with Gasteiger partial charge < -0.3 is 10.1 Å². The second-order valence-corrected chi connectivity index (χ2v) is 6.56. The van der Waals surface area contributed by atoms with Gasteiger partial charge in [-0.15, -0.1) is 0 Å². The lowest BCUT2D eigenvalue weighted by molar-refractivity contribution is -0.142. The molecule has 2 aromatic rings. The molecule has 2 rings (SSSR count). The Kier molecular flexibility index (Phi) is 7.62. The monoisotopic (exact) mass is 385 g/mol. The summed E-state index contributed by atoms with van der Waals surface area (Å²) in [7, 11) is 0. The van der Waals surface area contributed by atoms with Gasteiger partial charge in [0.25, 0.3) is 5.91 Å². The highest BCUT2D eigenvalue weighted by molar-refractivity contribution is 6.31. The molecule has 0 saturated carbocycles. The molecule has 0 unspecified atom stereocenters. The third-order valence-corrected chi connectivity index (χ3v) is 4.62. The van der Waals surface area contributed by atoms with Crippen molar-refractivity contribution in [3.8, 4) is 0 Å². The summed E-state index contributed by atoms with van der Waals surface area (Å²) in [5.41, 5.74) is 4.69. The number of nitrogens with one attached hydrogen (secondary N) is 1. The van der Waals surface area contributed by atoms with E-state index in [9.17, 15) is 9.59 Å². The standard InChI is InChI=1S/C22H24ClNO3/c1-4-17-7-6-8-18(5-2)22(17)24-20(25)14-27-21(26)12-11-16-10-9-15(3)19(23)13-16/h6-13H,4-5,14H2,1-3H3,(H,24,25)/b12-11+. The van der Waals surface area contributed by atoms with E-state index in [1.54, 1.807) is 12.1 Å². The van der Waals surface area contributed by atoms with Gasteiger partial charge in [-0.3, -0.25) is 4.79 Å². The van der Waals surface area contributed by atoms with Gasteiger partial charge in [-0.1, -0.05) is 55.8 Å². The number of benzene rings is 2. The summed E-state index contributed by atoms with van der Waals surface area (Å²) >= 11 is 6.06. The van der Waals surface area contributed by atoms with Gasteiger partial charge in [-0.05, 0) is 54.2 Å². The van der Waals surface area contributed by atoms with E-state index in [0.717, 1.165) is 40.8 Å². The average molecular weight is 386 g/mol. The molecule has 0 atom stereocenters. The van der Waals surface area contributed by atoms with E-state index < -0.39 is 5.97 Å². The Bertz CT molecular complexity index is 836. The SMILES string of the molecule is CCc1cccc(CC)c1NC(=O)COC(=O)/C=C/c1ccc(C)c(Cl)c1. The molecule has 0 spiro atoms. The third kappa shape index (κ3) is 5.97. The highest BCUT2D eigenvalue weighted by Gasteiger charge is 2.11. The van der Waals surface area contributed by atoms with Crippen molar-refractivity contribution in [2.45, 2.75) is 33.6 Å². The van der Waals surface area contributed by atoms with Gasteiger partial charge in [0.05, 0.1) is 0 Å². The topological polar surface area (TPSA) is 55.4 Å². The van der Waals surface area contributed by atoms with Crippen LogP contribution in [-0.2, 0) is 27.2 Å². The maximum atomic E-state index is 12.2. The van der Waals surface area contributed by atoms with Gasteiger partial charge in [-0.2, -0.15) is 0 Å². The predicted octanol–water partition coefficient (Wildman–Crippen LogP) is 4.97. The molecule has 0 aliphatic rings. The van der Waals surface area contributed by atoms with Crippen molar-refractivity contribution in [3.63, 3.8) is 0 Å².